The first-order valence-corrected chi connectivity index (χ1v) is 8.03. The minimum Gasteiger partial charge on any atom is -0.308 e. The highest BCUT2D eigenvalue weighted by molar-refractivity contribution is 7.20. The fraction of sp³-hybridized carbons (Fsp3) is 0.133. The molecule has 0 radical (unpaired) electrons. The Bertz CT molecular complexity index is 869. The van der Waals surface area contributed by atoms with E-state index in [-0.39, 0.29) is 11.1 Å². The van der Waals surface area contributed by atoms with E-state index in [9.17, 15) is 4.79 Å². The van der Waals surface area contributed by atoms with Crippen molar-refractivity contribution in [2.24, 2.45) is 0 Å². The Morgan fingerprint density at radius 2 is 2.24 bits per heavy atom. The zero-order valence-corrected chi connectivity index (χ0v) is 12.9. The predicted octanol–water partition coefficient (Wildman–Crippen LogP) is 3.26. The van der Waals surface area contributed by atoms with Crippen LogP contribution in [0.5, 0.6) is 0 Å². The van der Waals surface area contributed by atoms with Crippen LogP contribution in [0.15, 0.2) is 40.0 Å². The van der Waals surface area contributed by atoms with Gasteiger partial charge in [-0.05, 0) is 30.0 Å². The van der Waals surface area contributed by atoms with Gasteiger partial charge in [-0.15, -0.1) is 22.7 Å². The molecule has 0 N–H and O–H groups in total. The Labute approximate surface area is 129 Å². The first-order chi connectivity index (χ1) is 10.2. The molecular formula is C15H11N3OS2. The molecule has 4 nitrogen and oxygen atoms in total. The molecule has 6 heteroatoms. The van der Waals surface area contributed by atoms with Gasteiger partial charge in [-0.3, -0.25) is 4.79 Å². The van der Waals surface area contributed by atoms with Crippen molar-refractivity contribution >= 4 is 22.7 Å². The number of nitrogens with zero attached hydrogens (tertiary/aromatic N) is 3. The zero-order valence-electron chi connectivity index (χ0n) is 11.2. The third-order valence-corrected chi connectivity index (χ3v) is 5.03. The van der Waals surface area contributed by atoms with Gasteiger partial charge in [-0.25, -0.2) is 4.98 Å². The summed E-state index contributed by atoms with van der Waals surface area (Å²) in [6, 6.07) is 7.77. The van der Waals surface area contributed by atoms with Crippen LogP contribution in [0.3, 0.4) is 0 Å². The summed E-state index contributed by atoms with van der Waals surface area (Å²) < 4.78 is 1.53. The van der Waals surface area contributed by atoms with E-state index in [1.54, 1.807) is 41.9 Å². The molecule has 0 aromatic carbocycles. The Morgan fingerprint density at radius 3 is 2.95 bits per heavy atom. The number of thiophene rings is 1. The molecule has 3 aromatic rings. The van der Waals surface area contributed by atoms with E-state index in [0.717, 1.165) is 15.6 Å². The quantitative estimate of drug-likeness (QED) is 0.745. The van der Waals surface area contributed by atoms with Gasteiger partial charge in [-0.2, -0.15) is 5.26 Å². The van der Waals surface area contributed by atoms with E-state index >= 15 is 0 Å². The lowest BCUT2D eigenvalue weighted by atomic mass is 10.2. The van der Waals surface area contributed by atoms with Crippen LogP contribution in [0.1, 0.15) is 16.8 Å². The summed E-state index contributed by atoms with van der Waals surface area (Å²) in [7, 11) is 0. The molecule has 0 aliphatic carbocycles. The maximum absolute atomic E-state index is 12.2. The van der Waals surface area contributed by atoms with E-state index in [1.807, 2.05) is 29.0 Å². The first kappa shape index (κ1) is 13.7. The van der Waals surface area contributed by atoms with Crippen molar-refractivity contribution in [2.45, 2.75) is 13.5 Å². The van der Waals surface area contributed by atoms with Gasteiger partial charge >= 0.3 is 0 Å². The van der Waals surface area contributed by atoms with Gasteiger partial charge in [-0.1, -0.05) is 6.07 Å². The van der Waals surface area contributed by atoms with Crippen molar-refractivity contribution in [3.63, 3.8) is 0 Å². The third-order valence-electron chi connectivity index (χ3n) is 3.10. The van der Waals surface area contributed by atoms with Gasteiger partial charge in [0.05, 0.1) is 17.1 Å². The second-order valence-electron chi connectivity index (χ2n) is 4.54. The minimum absolute atomic E-state index is 0.200. The van der Waals surface area contributed by atoms with Gasteiger partial charge in [0.2, 0.25) is 0 Å². The summed E-state index contributed by atoms with van der Waals surface area (Å²) in [4.78, 5) is 17.9. The van der Waals surface area contributed by atoms with Crippen LogP contribution in [0.25, 0.3) is 9.88 Å². The van der Waals surface area contributed by atoms with Crippen LogP contribution in [-0.2, 0) is 6.54 Å². The minimum atomic E-state index is -0.261. The van der Waals surface area contributed by atoms with Gasteiger partial charge < -0.3 is 4.57 Å². The number of hydrogen-bond acceptors (Lipinski definition) is 5. The number of hydrogen-bond donors (Lipinski definition) is 0. The van der Waals surface area contributed by atoms with E-state index in [2.05, 4.69) is 4.98 Å². The summed E-state index contributed by atoms with van der Waals surface area (Å²) in [5.41, 5.74) is 1.48. The number of nitriles is 1. The molecule has 0 spiro atoms. The summed E-state index contributed by atoms with van der Waals surface area (Å²) in [5, 5.41) is 14.0. The zero-order chi connectivity index (χ0) is 14.8. The Kier molecular flexibility index (Phi) is 3.69. The van der Waals surface area contributed by atoms with E-state index in [4.69, 9.17) is 5.26 Å². The van der Waals surface area contributed by atoms with Crippen molar-refractivity contribution in [3.05, 3.63) is 62.3 Å². The average Bonchev–Trinajstić information content (AvgIpc) is 3.13. The van der Waals surface area contributed by atoms with Crippen molar-refractivity contribution in [1.82, 2.24) is 9.55 Å². The number of aryl methyl sites for hydroxylation is 1. The smallest absolute Gasteiger partial charge is 0.269 e. The molecule has 0 amide bonds. The van der Waals surface area contributed by atoms with Crippen LogP contribution in [-0.4, -0.2) is 9.55 Å². The van der Waals surface area contributed by atoms with Gasteiger partial charge in [0.1, 0.15) is 16.6 Å². The molecule has 21 heavy (non-hydrogen) atoms. The molecule has 0 fully saturated rings. The molecule has 0 aliphatic rings. The molecule has 0 unspecified atom stereocenters. The van der Waals surface area contributed by atoms with E-state index in [1.165, 1.54) is 4.57 Å². The Hall–Kier alpha value is -2.23. The van der Waals surface area contributed by atoms with Crippen LogP contribution in [0.4, 0.5) is 0 Å². The fourth-order valence-corrected chi connectivity index (χ4v) is 3.62. The highest BCUT2D eigenvalue weighted by Crippen LogP contribution is 2.27. The second-order valence-corrected chi connectivity index (χ2v) is 6.35. The Morgan fingerprint density at radius 1 is 1.38 bits per heavy atom. The van der Waals surface area contributed by atoms with Crippen LogP contribution < -0.4 is 5.56 Å². The second kappa shape index (κ2) is 5.64. The third kappa shape index (κ3) is 2.66. The largest absolute Gasteiger partial charge is 0.308 e. The SMILES string of the molecule is Cc1ccn(Cc2csc(-c3cccs3)n2)c(=O)c1C#N. The van der Waals surface area contributed by atoms with E-state index < -0.39 is 0 Å². The first-order valence-electron chi connectivity index (χ1n) is 6.27. The number of aromatic nitrogens is 2. The van der Waals surface area contributed by atoms with Crippen molar-refractivity contribution in [3.8, 4) is 16.0 Å². The molecule has 3 heterocycles. The number of pyridine rings is 1. The standard InChI is InChI=1S/C15H11N3OS2/c1-10-4-5-18(15(19)12(10)7-16)8-11-9-21-14(17-11)13-3-2-6-20-13/h2-6,9H,8H2,1H3. The van der Waals surface area contributed by atoms with Gasteiger partial charge in [0, 0.05) is 11.6 Å². The highest BCUT2D eigenvalue weighted by Gasteiger charge is 2.10. The normalized spacial score (nSPS) is 10.5. The van der Waals surface area contributed by atoms with Crippen LogP contribution >= 0.6 is 22.7 Å². The topological polar surface area (TPSA) is 58.7 Å². The maximum Gasteiger partial charge on any atom is 0.269 e. The van der Waals surface area contributed by atoms with Crippen LogP contribution in [0.2, 0.25) is 0 Å². The lowest BCUT2D eigenvalue weighted by Gasteiger charge is -2.05. The van der Waals surface area contributed by atoms with E-state index in [0.29, 0.717) is 12.1 Å². The molecule has 0 saturated heterocycles. The predicted molar refractivity (Wildman–Crippen MR) is 84.7 cm³/mol. The molecule has 3 aromatic heterocycles. The summed E-state index contributed by atoms with van der Waals surface area (Å²) in [6.45, 7) is 2.15. The monoisotopic (exact) mass is 313 g/mol. The molecule has 0 aliphatic heterocycles. The highest BCUT2D eigenvalue weighted by atomic mass is 32.1. The Balaban J connectivity index is 1.92. The lowest BCUT2D eigenvalue weighted by Crippen LogP contribution is -2.23. The summed E-state index contributed by atoms with van der Waals surface area (Å²) >= 11 is 3.21. The van der Waals surface area contributed by atoms with Crippen molar-refractivity contribution in [1.29, 1.82) is 5.26 Å². The number of rotatable bonds is 3. The molecular weight excluding hydrogens is 302 g/mol. The number of thiazole rings is 1. The average molecular weight is 313 g/mol. The molecule has 0 saturated carbocycles. The van der Waals surface area contributed by atoms with Crippen molar-refractivity contribution < 1.29 is 0 Å². The lowest BCUT2D eigenvalue weighted by molar-refractivity contribution is 0.739. The molecule has 0 bridgehead atoms. The summed E-state index contributed by atoms with van der Waals surface area (Å²) in [5.74, 6) is 0. The molecule has 104 valence electrons. The van der Waals surface area contributed by atoms with Crippen LogP contribution in [0, 0.1) is 18.3 Å². The molecule has 3 rings (SSSR count). The van der Waals surface area contributed by atoms with Crippen molar-refractivity contribution in [2.75, 3.05) is 0 Å². The maximum atomic E-state index is 12.2. The molecule has 0 atom stereocenters. The fourth-order valence-electron chi connectivity index (χ4n) is 1.99. The van der Waals surface area contributed by atoms with Gasteiger partial charge in [0.15, 0.2) is 0 Å². The summed E-state index contributed by atoms with van der Waals surface area (Å²) in [6.07, 6.45) is 1.71. The van der Waals surface area contributed by atoms with Gasteiger partial charge in [0.25, 0.3) is 5.56 Å².